The number of halogens is 3. The van der Waals surface area contributed by atoms with Gasteiger partial charge in [0.05, 0.1) is 25.4 Å². The topological polar surface area (TPSA) is 102 Å². The van der Waals surface area contributed by atoms with Crippen LogP contribution in [0.1, 0.15) is 5.56 Å². The molecule has 118 valence electrons. The maximum Gasteiger partial charge on any atom is 0.416 e. The van der Waals surface area contributed by atoms with Crippen molar-refractivity contribution in [1.29, 1.82) is 0 Å². The molecule has 0 aromatic heterocycles. The standard InChI is InChI=1S/C12H15F3N2O4/c13-12(14,15)8-2-1-3-9(4-8)16-10(21)17-11(5-18,6-19)7-20/h1-4,18-20H,5-7H2,(H2,16,17,21). The monoisotopic (exact) mass is 308 g/mol. The van der Waals surface area contributed by atoms with Crippen molar-refractivity contribution in [1.82, 2.24) is 5.32 Å². The van der Waals surface area contributed by atoms with E-state index in [0.29, 0.717) is 0 Å². The van der Waals surface area contributed by atoms with Gasteiger partial charge in [0.1, 0.15) is 5.54 Å². The zero-order chi connectivity index (χ0) is 16.1. The number of nitrogens with one attached hydrogen (secondary N) is 2. The lowest BCUT2D eigenvalue weighted by molar-refractivity contribution is -0.137. The quantitative estimate of drug-likeness (QED) is 0.548. The van der Waals surface area contributed by atoms with Crippen LogP contribution >= 0.6 is 0 Å². The van der Waals surface area contributed by atoms with Crippen LogP contribution in [0.2, 0.25) is 0 Å². The summed E-state index contributed by atoms with van der Waals surface area (Å²) in [6, 6.07) is 2.98. The van der Waals surface area contributed by atoms with Gasteiger partial charge in [-0.1, -0.05) is 6.07 Å². The Hall–Kier alpha value is -1.84. The van der Waals surface area contributed by atoms with E-state index in [-0.39, 0.29) is 5.69 Å². The van der Waals surface area contributed by atoms with Gasteiger partial charge in [-0.25, -0.2) is 4.79 Å². The lowest BCUT2D eigenvalue weighted by atomic mass is 10.0. The SMILES string of the molecule is O=C(Nc1cccc(C(F)(F)F)c1)NC(CO)(CO)CO. The summed E-state index contributed by atoms with van der Waals surface area (Å²) in [5.74, 6) is 0. The highest BCUT2D eigenvalue weighted by molar-refractivity contribution is 5.89. The predicted octanol–water partition coefficient (Wildman–Crippen LogP) is 0.543. The van der Waals surface area contributed by atoms with Crippen molar-refractivity contribution in [2.75, 3.05) is 25.1 Å². The van der Waals surface area contributed by atoms with E-state index in [2.05, 4.69) is 10.6 Å². The number of carbonyl (C=O) groups is 1. The molecule has 9 heteroatoms. The molecule has 5 N–H and O–H groups in total. The van der Waals surface area contributed by atoms with Crippen LogP contribution < -0.4 is 10.6 Å². The number of carbonyl (C=O) groups excluding carboxylic acids is 1. The fraction of sp³-hybridized carbons (Fsp3) is 0.417. The summed E-state index contributed by atoms with van der Waals surface area (Å²) in [4.78, 5) is 11.6. The summed E-state index contributed by atoms with van der Waals surface area (Å²) in [6.07, 6.45) is -4.54. The van der Waals surface area contributed by atoms with Crippen molar-refractivity contribution in [2.24, 2.45) is 0 Å². The number of amides is 2. The van der Waals surface area contributed by atoms with Gasteiger partial charge in [-0.2, -0.15) is 13.2 Å². The highest BCUT2D eigenvalue weighted by atomic mass is 19.4. The van der Waals surface area contributed by atoms with Gasteiger partial charge in [-0.3, -0.25) is 0 Å². The smallest absolute Gasteiger partial charge is 0.394 e. The number of anilines is 1. The Bertz CT molecular complexity index is 481. The van der Waals surface area contributed by atoms with E-state index in [1.165, 1.54) is 6.07 Å². The number of alkyl halides is 3. The molecule has 0 spiro atoms. The second-order valence-electron chi connectivity index (χ2n) is 4.41. The Morgan fingerprint density at radius 2 is 1.67 bits per heavy atom. The largest absolute Gasteiger partial charge is 0.416 e. The van der Waals surface area contributed by atoms with Gasteiger partial charge in [0.2, 0.25) is 0 Å². The van der Waals surface area contributed by atoms with E-state index in [1.54, 1.807) is 0 Å². The average Bonchev–Trinajstić information content (AvgIpc) is 2.44. The van der Waals surface area contributed by atoms with Gasteiger partial charge in [0.25, 0.3) is 0 Å². The van der Waals surface area contributed by atoms with E-state index in [1.807, 2.05) is 0 Å². The summed E-state index contributed by atoms with van der Waals surface area (Å²) >= 11 is 0. The molecule has 0 unspecified atom stereocenters. The van der Waals surface area contributed by atoms with Crippen LogP contribution in [0.4, 0.5) is 23.7 Å². The molecule has 1 aromatic carbocycles. The highest BCUT2D eigenvalue weighted by Gasteiger charge is 2.32. The minimum atomic E-state index is -4.54. The molecule has 0 heterocycles. The summed E-state index contributed by atoms with van der Waals surface area (Å²) in [7, 11) is 0. The van der Waals surface area contributed by atoms with Crippen molar-refractivity contribution >= 4 is 11.7 Å². The summed E-state index contributed by atoms with van der Waals surface area (Å²) < 4.78 is 37.5. The average molecular weight is 308 g/mol. The summed E-state index contributed by atoms with van der Waals surface area (Å²) in [6.45, 7) is -2.22. The fourth-order valence-electron chi connectivity index (χ4n) is 1.45. The van der Waals surface area contributed by atoms with Crippen molar-refractivity contribution in [3.05, 3.63) is 29.8 Å². The van der Waals surface area contributed by atoms with Gasteiger partial charge < -0.3 is 26.0 Å². The minimum absolute atomic E-state index is 0.120. The maximum absolute atomic E-state index is 12.5. The predicted molar refractivity (Wildman–Crippen MR) is 67.6 cm³/mol. The molecular formula is C12H15F3N2O4. The zero-order valence-corrected chi connectivity index (χ0v) is 10.8. The summed E-state index contributed by atoms with van der Waals surface area (Å²) in [5, 5.41) is 31.3. The van der Waals surface area contributed by atoms with Crippen LogP contribution in [-0.2, 0) is 6.18 Å². The van der Waals surface area contributed by atoms with Crippen LogP contribution in [0.3, 0.4) is 0 Å². The fourth-order valence-corrected chi connectivity index (χ4v) is 1.45. The molecule has 0 bridgehead atoms. The van der Waals surface area contributed by atoms with Gasteiger partial charge in [0, 0.05) is 5.69 Å². The third kappa shape index (κ3) is 4.59. The van der Waals surface area contributed by atoms with E-state index in [4.69, 9.17) is 15.3 Å². The highest BCUT2D eigenvalue weighted by Crippen LogP contribution is 2.30. The second-order valence-corrected chi connectivity index (χ2v) is 4.41. The first-order valence-electron chi connectivity index (χ1n) is 5.85. The second kappa shape index (κ2) is 6.74. The summed E-state index contributed by atoms with van der Waals surface area (Å²) in [5.41, 5.74) is -2.71. The number of urea groups is 1. The molecule has 1 aromatic rings. The third-order valence-corrected chi connectivity index (χ3v) is 2.73. The molecule has 0 saturated heterocycles. The molecule has 21 heavy (non-hydrogen) atoms. The molecular weight excluding hydrogens is 293 g/mol. The van der Waals surface area contributed by atoms with Crippen LogP contribution in [0, 0.1) is 0 Å². The minimum Gasteiger partial charge on any atom is -0.394 e. The van der Waals surface area contributed by atoms with Crippen molar-refractivity contribution in [2.45, 2.75) is 11.7 Å². The molecule has 6 nitrogen and oxygen atoms in total. The maximum atomic E-state index is 12.5. The van der Waals surface area contributed by atoms with Crippen LogP contribution in [0.15, 0.2) is 24.3 Å². The number of rotatable bonds is 5. The first-order chi connectivity index (χ1) is 9.76. The molecule has 0 radical (unpaired) electrons. The Morgan fingerprint density at radius 3 is 2.14 bits per heavy atom. The van der Waals surface area contributed by atoms with Crippen LogP contribution in [-0.4, -0.2) is 46.7 Å². The Morgan fingerprint density at radius 1 is 1.10 bits per heavy atom. The lowest BCUT2D eigenvalue weighted by Gasteiger charge is -2.28. The molecule has 0 aliphatic rings. The van der Waals surface area contributed by atoms with Gasteiger partial charge in [-0.05, 0) is 18.2 Å². The Labute approximate surface area is 118 Å². The first-order valence-corrected chi connectivity index (χ1v) is 5.85. The first kappa shape index (κ1) is 17.2. The number of hydrogen-bond acceptors (Lipinski definition) is 4. The lowest BCUT2D eigenvalue weighted by Crippen LogP contribution is -2.58. The molecule has 0 saturated carbocycles. The molecule has 0 fully saturated rings. The molecule has 1 rings (SSSR count). The van der Waals surface area contributed by atoms with Gasteiger partial charge in [-0.15, -0.1) is 0 Å². The van der Waals surface area contributed by atoms with Gasteiger partial charge >= 0.3 is 12.2 Å². The van der Waals surface area contributed by atoms with Gasteiger partial charge in [0.15, 0.2) is 0 Å². The van der Waals surface area contributed by atoms with Crippen molar-refractivity contribution in [3.8, 4) is 0 Å². The molecule has 2 amide bonds. The Balaban J connectivity index is 2.80. The van der Waals surface area contributed by atoms with Crippen molar-refractivity contribution < 1.29 is 33.3 Å². The normalized spacial score (nSPS) is 12.1. The van der Waals surface area contributed by atoms with E-state index >= 15 is 0 Å². The van der Waals surface area contributed by atoms with E-state index in [9.17, 15) is 18.0 Å². The zero-order valence-electron chi connectivity index (χ0n) is 10.8. The molecule has 0 aliphatic carbocycles. The third-order valence-electron chi connectivity index (χ3n) is 2.73. The Kier molecular flexibility index (Phi) is 5.53. The van der Waals surface area contributed by atoms with Crippen LogP contribution in [0.25, 0.3) is 0 Å². The van der Waals surface area contributed by atoms with E-state index in [0.717, 1.165) is 18.2 Å². The number of aliphatic hydroxyl groups is 3. The number of benzene rings is 1. The molecule has 0 atom stereocenters. The number of hydrogen-bond donors (Lipinski definition) is 5. The van der Waals surface area contributed by atoms with E-state index < -0.39 is 43.1 Å². The van der Waals surface area contributed by atoms with Crippen LogP contribution in [0.5, 0.6) is 0 Å². The molecule has 0 aliphatic heterocycles. The van der Waals surface area contributed by atoms with Crippen molar-refractivity contribution in [3.63, 3.8) is 0 Å². The number of aliphatic hydroxyl groups excluding tert-OH is 3.